The molecule has 1 atom stereocenters. The Morgan fingerprint density at radius 1 is 1.31 bits per heavy atom. The van der Waals surface area contributed by atoms with E-state index in [0.29, 0.717) is 0 Å². The zero-order valence-corrected chi connectivity index (χ0v) is 11.1. The van der Waals surface area contributed by atoms with Crippen molar-refractivity contribution < 1.29 is 0 Å². The van der Waals surface area contributed by atoms with Crippen LogP contribution in [0.2, 0.25) is 0 Å². The molecule has 3 heteroatoms. The van der Waals surface area contributed by atoms with E-state index in [4.69, 9.17) is 0 Å². The number of piperazine rings is 1. The number of hydrogen-bond donors (Lipinski definition) is 1. The van der Waals surface area contributed by atoms with Gasteiger partial charge in [0.15, 0.2) is 0 Å². The Morgan fingerprint density at radius 3 is 2.44 bits per heavy atom. The van der Waals surface area contributed by atoms with Gasteiger partial charge in [0.1, 0.15) is 0 Å². The summed E-state index contributed by atoms with van der Waals surface area (Å²) in [4.78, 5) is 5.11. The summed E-state index contributed by atoms with van der Waals surface area (Å²) in [5, 5.41) is 3.16. The molecule has 1 rings (SSSR count). The third-order valence-electron chi connectivity index (χ3n) is 3.50. The van der Waals surface area contributed by atoms with Gasteiger partial charge in [-0.25, -0.2) is 0 Å². The molecule has 0 amide bonds. The summed E-state index contributed by atoms with van der Waals surface area (Å²) >= 11 is 0. The molecule has 16 heavy (non-hydrogen) atoms. The minimum Gasteiger partial charge on any atom is -0.316 e. The van der Waals surface area contributed by atoms with Crippen LogP contribution in [-0.4, -0.2) is 62.2 Å². The minimum absolute atomic E-state index is 0.739. The molecule has 0 aliphatic carbocycles. The molecule has 0 saturated carbocycles. The summed E-state index contributed by atoms with van der Waals surface area (Å²) in [5.74, 6) is 0. The predicted octanol–water partition coefficient (Wildman–Crippen LogP) is 1.18. The van der Waals surface area contributed by atoms with E-state index in [9.17, 15) is 0 Å². The third-order valence-corrected chi connectivity index (χ3v) is 3.50. The lowest BCUT2D eigenvalue weighted by atomic mass is 10.2. The van der Waals surface area contributed by atoms with Gasteiger partial charge in [-0.1, -0.05) is 13.5 Å². The van der Waals surface area contributed by atoms with Crippen molar-refractivity contribution in [2.24, 2.45) is 0 Å². The first-order valence-electron chi connectivity index (χ1n) is 6.45. The second-order valence-corrected chi connectivity index (χ2v) is 4.85. The Bertz CT molecular complexity index is 207. The van der Waals surface area contributed by atoms with Crippen molar-refractivity contribution in [3.8, 4) is 0 Å². The molecule has 1 saturated heterocycles. The standard InChI is InChI=1S/C13H27N3/c1-5-13(3)16-8-6-15(7-9-16)11-12(2)10-14-4/h13-14H,2,5-11H2,1,3-4H3. The summed E-state index contributed by atoms with van der Waals surface area (Å²) < 4.78 is 0. The third kappa shape index (κ3) is 4.24. The van der Waals surface area contributed by atoms with Gasteiger partial charge in [0.05, 0.1) is 0 Å². The lowest BCUT2D eigenvalue weighted by Crippen LogP contribution is -2.49. The maximum Gasteiger partial charge on any atom is 0.0203 e. The molecule has 0 aromatic heterocycles. The first-order chi connectivity index (χ1) is 7.67. The summed E-state index contributed by atoms with van der Waals surface area (Å²) in [6, 6.07) is 0.739. The Labute approximate surface area is 100 Å². The van der Waals surface area contributed by atoms with Gasteiger partial charge in [-0.05, 0) is 26.0 Å². The number of nitrogens with one attached hydrogen (secondary N) is 1. The van der Waals surface area contributed by atoms with Gasteiger partial charge in [-0.15, -0.1) is 0 Å². The predicted molar refractivity (Wildman–Crippen MR) is 70.8 cm³/mol. The molecule has 1 fully saturated rings. The van der Waals surface area contributed by atoms with Gasteiger partial charge >= 0.3 is 0 Å². The van der Waals surface area contributed by atoms with Gasteiger partial charge in [0.2, 0.25) is 0 Å². The van der Waals surface area contributed by atoms with Crippen LogP contribution in [0.15, 0.2) is 12.2 Å². The highest BCUT2D eigenvalue weighted by Crippen LogP contribution is 2.09. The molecule has 0 aromatic rings. The van der Waals surface area contributed by atoms with Crippen LogP contribution in [-0.2, 0) is 0 Å². The molecule has 1 unspecified atom stereocenters. The second kappa shape index (κ2) is 7.05. The van der Waals surface area contributed by atoms with Crippen LogP contribution < -0.4 is 5.32 Å². The van der Waals surface area contributed by atoms with Gasteiger partial charge in [0.25, 0.3) is 0 Å². The van der Waals surface area contributed by atoms with Gasteiger partial charge in [0, 0.05) is 45.3 Å². The quantitative estimate of drug-likeness (QED) is 0.685. The van der Waals surface area contributed by atoms with E-state index in [-0.39, 0.29) is 0 Å². The SMILES string of the molecule is C=C(CNC)CN1CCN(C(C)CC)CC1. The van der Waals surface area contributed by atoms with E-state index in [2.05, 4.69) is 35.5 Å². The van der Waals surface area contributed by atoms with Crippen molar-refractivity contribution in [3.63, 3.8) is 0 Å². The Hall–Kier alpha value is -0.380. The van der Waals surface area contributed by atoms with Crippen LogP contribution in [0, 0.1) is 0 Å². The van der Waals surface area contributed by atoms with E-state index in [1.807, 2.05) is 7.05 Å². The normalized spacial score (nSPS) is 20.9. The van der Waals surface area contributed by atoms with Crippen molar-refractivity contribution in [1.29, 1.82) is 0 Å². The number of rotatable bonds is 6. The van der Waals surface area contributed by atoms with E-state index in [0.717, 1.165) is 19.1 Å². The molecule has 0 radical (unpaired) electrons. The van der Waals surface area contributed by atoms with Crippen LogP contribution in [0.1, 0.15) is 20.3 Å². The zero-order valence-electron chi connectivity index (χ0n) is 11.1. The number of nitrogens with zero attached hydrogens (tertiary/aromatic N) is 2. The fourth-order valence-corrected chi connectivity index (χ4v) is 2.24. The van der Waals surface area contributed by atoms with Crippen molar-refractivity contribution >= 4 is 0 Å². The highest BCUT2D eigenvalue weighted by molar-refractivity contribution is 5.00. The van der Waals surface area contributed by atoms with E-state index < -0.39 is 0 Å². The summed E-state index contributed by atoms with van der Waals surface area (Å²) in [5.41, 5.74) is 1.29. The fourth-order valence-electron chi connectivity index (χ4n) is 2.24. The molecule has 1 N–H and O–H groups in total. The zero-order chi connectivity index (χ0) is 12.0. The molecule has 0 spiro atoms. The lowest BCUT2D eigenvalue weighted by Gasteiger charge is -2.38. The fraction of sp³-hybridized carbons (Fsp3) is 0.846. The molecule has 1 aliphatic heterocycles. The van der Waals surface area contributed by atoms with Crippen molar-refractivity contribution in [2.45, 2.75) is 26.3 Å². The summed E-state index contributed by atoms with van der Waals surface area (Å²) in [6.07, 6.45) is 1.26. The smallest absolute Gasteiger partial charge is 0.0203 e. The number of hydrogen-bond acceptors (Lipinski definition) is 3. The Kier molecular flexibility index (Phi) is 6.03. The van der Waals surface area contributed by atoms with Gasteiger partial charge in [-0.2, -0.15) is 0 Å². The van der Waals surface area contributed by atoms with Crippen LogP contribution in [0.4, 0.5) is 0 Å². The van der Waals surface area contributed by atoms with Gasteiger partial charge in [-0.3, -0.25) is 9.80 Å². The largest absolute Gasteiger partial charge is 0.316 e. The summed E-state index contributed by atoms with van der Waals surface area (Å²) in [7, 11) is 1.98. The molecule has 1 aliphatic rings. The maximum atomic E-state index is 4.09. The highest BCUT2D eigenvalue weighted by atomic mass is 15.3. The molecule has 0 aromatic carbocycles. The molecule has 94 valence electrons. The first-order valence-corrected chi connectivity index (χ1v) is 6.45. The first kappa shape index (κ1) is 13.7. The molecule has 0 bridgehead atoms. The topological polar surface area (TPSA) is 18.5 Å². The Balaban J connectivity index is 2.24. The van der Waals surface area contributed by atoms with Gasteiger partial charge < -0.3 is 5.32 Å². The van der Waals surface area contributed by atoms with E-state index in [1.54, 1.807) is 0 Å². The van der Waals surface area contributed by atoms with E-state index >= 15 is 0 Å². The monoisotopic (exact) mass is 225 g/mol. The molecule has 1 heterocycles. The second-order valence-electron chi connectivity index (χ2n) is 4.85. The van der Waals surface area contributed by atoms with Crippen LogP contribution in [0.5, 0.6) is 0 Å². The van der Waals surface area contributed by atoms with Crippen molar-refractivity contribution in [1.82, 2.24) is 15.1 Å². The molecular weight excluding hydrogens is 198 g/mol. The van der Waals surface area contributed by atoms with Crippen LogP contribution in [0.3, 0.4) is 0 Å². The maximum absolute atomic E-state index is 4.09. The van der Waals surface area contributed by atoms with Crippen LogP contribution in [0.25, 0.3) is 0 Å². The number of likely N-dealkylation sites (N-methyl/N-ethyl adjacent to an activating group) is 1. The Morgan fingerprint density at radius 2 is 1.94 bits per heavy atom. The average molecular weight is 225 g/mol. The lowest BCUT2D eigenvalue weighted by molar-refractivity contribution is 0.106. The van der Waals surface area contributed by atoms with E-state index in [1.165, 1.54) is 38.2 Å². The van der Waals surface area contributed by atoms with Crippen molar-refractivity contribution in [2.75, 3.05) is 46.3 Å². The molecule has 3 nitrogen and oxygen atoms in total. The molecular formula is C13H27N3. The summed E-state index contributed by atoms with van der Waals surface area (Å²) in [6.45, 7) is 15.5. The highest BCUT2D eigenvalue weighted by Gasteiger charge is 2.19. The van der Waals surface area contributed by atoms with Crippen molar-refractivity contribution in [3.05, 3.63) is 12.2 Å². The van der Waals surface area contributed by atoms with Crippen LogP contribution >= 0.6 is 0 Å². The minimum atomic E-state index is 0.739. The average Bonchev–Trinajstić information content (AvgIpc) is 2.29.